The minimum Gasteiger partial charge on any atom is -0.486 e. The number of carbonyl (C=O) groups excluding carboxylic acids is 2. The third-order valence-corrected chi connectivity index (χ3v) is 5.88. The minimum absolute atomic E-state index is 0.0000278. The van der Waals surface area contributed by atoms with Crippen molar-refractivity contribution in [3.63, 3.8) is 0 Å². The largest absolute Gasteiger partial charge is 0.486 e. The molecule has 5 rings (SSSR count). The van der Waals surface area contributed by atoms with E-state index in [-0.39, 0.29) is 17.9 Å². The number of H-pyrrole nitrogens is 1. The number of fused-ring (bicyclic) bond motifs is 2. The van der Waals surface area contributed by atoms with E-state index in [4.69, 9.17) is 9.47 Å². The Morgan fingerprint density at radius 1 is 1.00 bits per heavy atom. The average molecular weight is 434 g/mol. The number of para-hydroxylation sites is 3. The van der Waals surface area contributed by atoms with Crippen molar-refractivity contribution in [1.82, 2.24) is 20.1 Å². The number of ether oxygens (including phenoxy) is 2. The zero-order chi connectivity index (χ0) is 21.9. The van der Waals surface area contributed by atoms with Crippen molar-refractivity contribution in [3.8, 4) is 11.5 Å². The van der Waals surface area contributed by atoms with Gasteiger partial charge in [0.05, 0.1) is 13.1 Å². The molecule has 0 aliphatic carbocycles. The molecule has 1 saturated heterocycles. The SMILES string of the molecule is O=C(CN1CCN(C(=O)c2cc3ccccc3[nH]2)CC1)NCC1COc2ccccc2O1. The van der Waals surface area contributed by atoms with Gasteiger partial charge in [0.1, 0.15) is 18.4 Å². The molecule has 2 amide bonds. The van der Waals surface area contributed by atoms with Crippen molar-refractivity contribution in [2.45, 2.75) is 6.10 Å². The van der Waals surface area contributed by atoms with Gasteiger partial charge in [0, 0.05) is 37.1 Å². The van der Waals surface area contributed by atoms with Gasteiger partial charge in [0.15, 0.2) is 11.5 Å². The lowest BCUT2D eigenvalue weighted by Crippen LogP contribution is -2.52. The van der Waals surface area contributed by atoms with Crippen LogP contribution in [-0.4, -0.2) is 78.6 Å². The number of carbonyl (C=O) groups is 2. The Kier molecular flexibility index (Phi) is 5.68. The first-order chi connectivity index (χ1) is 15.7. The van der Waals surface area contributed by atoms with E-state index in [1.54, 1.807) is 0 Å². The molecule has 0 spiro atoms. The van der Waals surface area contributed by atoms with Crippen LogP contribution in [0, 0.1) is 0 Å². The summed E-state index contributed by atoms with van der Waals surface area (Å²) >= 11 is 0. The van der Waals surface area contributed by atoms with E-state index >= 15 is 0 Å². The van der Waals surface area contributed by atoms with E-state index in [0.717, 1.165) is 16.7 Å². The highest BCUT2D eigenvalue weighted by Crippen LogP contribution is 2.30. The van der Waals surface area contributed by atoms with Crippen molar-refractivity contribution in [2.24, 2.45) is 0 Å². The molecular formula is C24H26N4O4. The molecule has 166 valence electrons. The summed E-state index contributed by atoms with van der Waals surface area (Å²) in [4.78, 5) is 32.3. The summed E-state index contributed by atoms with van der Waals surface area (Å²) in [7, 11) is 0. The maximum atomic E-state index is 12.8. The van der Waals surface area contributed by atoms with Gasteiger partial charge >= 0.3 is 0 Å². The summed E-state index contributed by atoms with van der Waals surface area (Å²) in [5.41, 5.74) is 1.57. The second-order valence-electron chi connectivity index (χ2n) is 8.14. The molecule has 3 heterocycles. The molecule has 2 N–H and O–H groups in total. The fourth-order valence-corrected chi connectivity index (χ4v) is 4.12. The number of piperazine rings is 1. The molecule has 0 bridgehead atoms. The van der Waals surface area contributed by atoms with Gasteiger partial charge in [-0.05, 0) is 24.3 Å². The number of rotatable bonds is 5. The summed E-state index contributed by atoms with van der Waals surface area (Å²) in [6.07, 6.45) is -0.209. The fraction of sp³-hybridized carbons (Fsp3) is 0.333. The number of benzene rings is 2. The summed E-state index contributed by atoms with van der Waals surface area (Å²) in [6.45, 7) is 3.62. The summed E-state index contributed by atoms with van der Waals surface area (Å²) in [5.74, 6) is 1.38. The van der Waals surface area contributed by atoms with Gasteiger partial charge in [-0.25, -0.2) is 0 Å². The normalized spacial score (nSPS) is 18.5. The number of nitrogens with zero attached hydrogens (tertiary/aromatic N) is 2. The number of nitrogens with one attached hydrogen (secondary N) is 2. The zero-order valence-electron chi connectivity index (χ0n) is 17.8. The minimum atomic E-state index is -0.209. The number of amides is 2. The van der Waals surface area contributed by atoms with Gasteiger partial charge in [-0.15, -0.1) is 0 Å². The van der Waals surface area contributed by atoms with Crippen LogP contribution >= 0.6 is 0 Å². The van der Waals surface area contributed by atoms with Crippen LogP contribution in [0.1, 0.15) is 10.5 Å². The lowest BCUT2D eigenvalue weighted by Gasteiger charge is -2.34. The maximum Gasteiger partial charge on any atom is 0.270 e. The van der Waals surface area contributed by atoms with Gasteiger partial charge in [-0.3, -0.25) is 14.5 Å². The molecule has 32 heavy (non-hydrogen) atoms. The molecule has 8 nitrogen and oxygen atoms in total. The van der Waals surface area contributed by atoms with Crippen molar-refractivity contribution < 1.29 is 19.1 Å². The van der Waals surface area contributed by atoms with Crippen molar-refractivity contribution in [1.29, 1.82) is 0 Å². The molecule has 2 aliphatic heterocycles. The lowest BCUT2D eigenvalue weighted by molar-refractivity contribution is -0.123. The number of hydrogen-bond donors (Lipinski definition) is 2. The summed E-state index contributed by atoms with van der Waals surface area (Å²) in [5, 5.41) is 3.96. The number of aromatic amines is 1. The molecule has 1 fully saturated rings. The fourth-order valence-electron chi connectivity index (χ4n) is 4.12. The zero-order valence-corrected chi connectivity index (χ0v) is 17.8. The molecule has 1 aromatic heterocycles. The number of aromatic nitrogens is 1. The Bertz CT molecular complexity index is 1090. The van der Waals surface area contributed by atoms with Crippen LogP contribution in [0.2, 0.25) is 0 Å². The van der Waals surface area contributed by atoms with Crippen LogP contribution in [0.25, 0.3) is 10.9 Å². The Balaban J connectivity index is 1.06. The second kappa shape index (κ2) is 8.92. The molecule has 2 aliphatic rings. The maximum absolute atomic E-state index is 12.8. The highest BCUT2D eigenvalue weighted by molar-refractivity contribution is 5.98. The Morgan fingerprint density at radius 2 is 1.75 bits per heavy atom. The lowest BCUT2D eigenvalue weighted by atomic mass is 10.2. The van der Waals surface area contributed by atoms with Crippen LogP contribution in [0.5, 0.6) is 11.5 Å². The van der Waals surface area contributed by atoms with E-state index in [9.17, 15) is 9.59 Å². The second-order valence-corrected chi connectivity index (χ2v) is 8.14. The van der Waals surface area contributed by atoms with E-state index in [1.807, 2.05) is 59.5 Å². The van der Waals surface area contributed by atoms with Crippen LogP contribution in [0.3, 0.4) is 0 Å². The van der Waals surface area contributed by atoms with Crippen molar-refractivity contribution in [3.05, 3.63) is 60.3 Å². The quantitative estimate of drug-likeness (QED) is 0.640. The van der Waals surface area contributed by atoms with Crippen LogP contribution in [-0.2, 0) is 4.79 Å². The van der Waals surface area contributed by atoms with E-state index in [1.165, 1.54) is 0 Å². The molecule has 8 heteroatoms. The highest BCUT2D eigenvalue weighted by atomic mass is 16.6. The van der Waals surface area contributed by atoms with Crippen LogP contribution in [0.15, 0.2) is 54.6 Å². The first kappa shape index (κ1) is 20.4. The molecule has 2 aromatic carbocycles. The highest BCUT2D eigenvalue weighted by Gasteiger charge is 2.25. The molecule has 0 radical (unpaired) electrons. The standard InChI is InChI=1S/C24H26N4O4/c29-23(25-14-18-16-31-21-7-3-4-8-22(21)32-18)15-27-9-11-28(12-10-27)24(30)20-13-17-5-1-2-6-19(17)26-20/h1-8,13,18,26H,9-12,14-16H2,(H,25,29). The van der Waals surface area contributed by atoms with Gasteiger partial charge in [0.25, 0.3) is 5.91 Å². The molecule has 3 aromatic rings. The van der Waals surface area contributed by atoms with Crippen molar-refractivity contribution >= 4 is 22.7 Å². The Labute approximate surface area is 186 Å². The van der Waals surface area contributed by atoms with Crippen LogP contribution < -0.4 is 14.8 Å². The first-order valence-electron chi connectivity index (χ1n) is 10.9. The Hall–Kier alpha value is -3.52. The van der Waals surface area contributed by atoms with Gasteiger partial charge < -0.3 is 24.7 Å². The first-order valence-corrected chi connectivity index (χ1v) is 10.9. The van der Waals surface area contributed by atoms with E-state index in [0.29, 0.717) is 57.3 Å². The van der Waals surface area contributed by atoms with Gasteiger partial charge in [0.2, 0.25) is 5.91 Å². The van der Waals surface area contributed by atoms with E-state index in [2.05, 4.69) is 15.2 Å². The predicted molar refractivity (Wildman–Crippen MR) is 120 cm³/mol. The van der Waals surface area contributed by atoms with Crippen molar-refractivity contribution in [2.75, 3.05) is 45.9 Å². The predicted octanol–water partition coefficient (Wildman–Crippen LogP) is 1.88. The number of hydrogen-bond acceptors (Lipinski definition) is 5. The monoisotopic (exact) mass is 434 g/mol. The smallest absolute Gasteiger partial charge is 0.270 e. The average Bonchev–Trinajstić information content (AvgIpc) is 3.27. The Morgan fingerprint density at radius 3 is 2.56 bits per heavy atom. The van der Waals surface area contributed by atoms with Gasteiger partial charge in [-0.2, -0.15) is 0 Å². The third kappa shape index (κ3) is 4.40. The molecule has 1 unspecified atom stereocenters. The van der Waals surface area contributed by atoms with Gasteiger partial charge in [-0.1, -0.05) is 30.3 Å². The third-order valence-electron chi connectivity index (χ3n) is 5.88. The van der Waals surface area contributed by atoms with Crippen LogP contribution in [0.4, 0.5) is 0 Å². The molecule has 0 saturated carbocycles. The summed E-state index contributed by atoms with van der Waals surface area (Å²) in [6, 6.07) is 17.3. The van der Waals surface area contributed by atoms with E-state index < -0.39 is 0 Å². The molecule has 1 atom stereocenters. The summed E-state index contributed by atoms with van der Waals surface area (Å²) < 4.78 is 11.6. The topological polar surface area (TPSA) is 86.9 Å². The molecular weight excluding hydrogens is 408 g/mol.